The number of nitrogens with one attached hydrogen (secondary N) is 1. The number of urea groups is 1. The summed E-state index contributed by atoms with van der Waals surface area (Å²) in [5.74, 6) is 0. The summed E-state index contributed by atoms with van der Waals surface area (Å²) in [5, 5.41) is 3.30. The van der Waals surface area contributed by atoms with Gasteiger partial charge in [0, 0.05) is 26.2 Å². The molecule has 2 heterocycles. The molecule has 2 aliphatic heterocycles. The van der Waals surface area contributed by atoms with Crippen molar-refractivity contribution in [2.24, 2.45) is 5.41 Å². The van der Waals surface area contributed by atoms with Gasteiger partial charge in [0.05, 0.1) is 10.9 Å². The van der Waals surface area contributed by atoms with Crippen molar-refractivity contribution in [1.82, 2.24) is 14.5 Å². The summed E-state index contributed by atoms with van der Waals surface area (Å²) in [6.07, 6.45) is 2.46. The van der Waals surface area contributed by atoms with Crippen LogP contribution in [0.4, 0.5) is 4.79 Å². The first kappa shape index (κ1) is 24.2. The van der Waals surface area contributed by atoms with Gasteiger partial charge in [-0.1, -0.05) is 60.7 Å². The molecule has 6 nitrogen and oxygen atoms in total. The molecule has 6 rings (SSSR count). The number of hydrogen-bond donors (Lipinski definition) is 1. The number of nitrogens with zero attached hydrogens (tertiary/aromatic N) is 2. The highest BCUT2D eigenvalue weighted by Crippen LogP contribution is 2.44. The Morgan fingerprint density at radius 2 is 1.46 bits per heavy atom. The van der Waals surface area contributed by atoms with Gasteiger partial charge < -0.3 is 10.2 Å². The quantitative estimate of drug-likeness (QED) is 0.517. The summed E-state index contributed by atoms with van der Waals surface area (Å²) in [5.41, 5.74) is 6.34. The second-order valence-corrected chi connectivity index (χ2v) is 12.8. The molecule has 192 valence electrons. The van der Waals surface area contributed by atoms with E-state index in [1.165, 1.54) is 11.1 Å². The molecule has 3 aromatic rings. The van der Waals surface area contributed by atoms with Gasteiger partial charge in [-0.05, 0) is 78.0 Å². The molecule has 2 saturated heterocycles. The van der Waals surface area contributed by atoms with Crippen LogP contribution in [-0.4, -0.2) is 49.8 Å². The largest absolute Gasteiger partial charge is 0.327 e. The molecule has 0 aromatic heterocycles. The van der Waals surface area contributed by atoms with Crippen molar-refractivity contribution in [3.8, 4) is 11.1 Å². The molecule has 1 aliphatic carbocycles. The Kier molecular flexibility index (Phi) is 5.88. The fraction of sp³-hybridized carbons (Fsp3) is 0.367. The van der Waals surface area contributed by atoms with Gasteiger partial charge in [-0.3, -0.25) is 0 Å². The monoisotopic (exact) mass is 515 g/mol. The molecule has 1 spiro atoms. The lowest BCUT2D eigenvalue weighted by atomic mass is 9.78. The van der Waals surface area contributed by atoms with Crippen molar-refractivity contribution < 1.29 is 13.2 Å². The fourth-order valence-electron chi connectivity index (χ4n) is 6.37. The normalized spacial score (nSPS) is 19.1. The van der Waals surface area contributed by atoms with E-state index in [-0.39, 0.29) is 17.5 Å². The third-order valence-electron chi connectivity index (χ3n) is 8.57. The number of likely N-dealkylation sites (tertiary alicyclic amines) is 1. The zero-order valence-corrected chi connectivity index (χ0v) is 22.2. The first-order chi connectivity index (χ1) is 17.8. The number of aryl methyl sites for hydroxylation is 2. The Balaban J connectivity index is 1.13. The van der Waals surface area contributed by atoms with Gasteiger partial charge in [0.1, 0.15) is 0 Å². The standard InChI is InChI=1S/C30H33N3O3S/c1-21-11-12-22(2)27(19-21)37(35,36)33-17-14-30(15-18-33)13-16-32(20-30)29(34)31-28-25-9-5-3-7-23(25)24-8-4-6-10-26(24)28/h3-12,19,28H,13-18,20H2,1-2H3,(H,31,34). The van der Waals surface area contributed by atoms with E-state index in [4.69, 9.17) is 0 Å². The smallest absolute Gasteiger partial charge is 0.318 e. The molecule has 0 radical (unpaired) electrons. The van der Waals surface area contributed by atoms with Crippen LogP contribution >= 0.6 is 0 Å². The van der Waals surface area contributed by atoms with Gasteiger partial charge in [0.15, 0.2) is 0 Å². The second kappa shape index (κ2) is 8.99. The summed E-state index contributed by atoms with van der Waals surface area (Å²) < 4.78 is 28.4. The number of carbonyl (C=O) groups is 1. The van der Waals surface area contributed by atoms with Gasteiger partial charge in [-0.25, -0.2) is 13.2 Å². The zero-order valence-electron chi connectivity index (χ0n) is 21.4. The van der Waals surface area contributed by atoms with Crippen LogP contribution in [0.1, 0.15) is 47.6 Å². The summed E-state index contributed by atoms with van der Waals surface area (Å²) in [6.45, 7) is 6.14. The molecule has 2 fully saturated rings. The third kappa shape index (κ3) is 4.14. The minimum atomic E-state index is -3.52. The summed E-state index contributed by atoms with van der Waals surface area (Å²) in [4.78, 5) is 15.8. The Bertz CT molecular complexity index is 1430. The van der Waals surface area contributed by atoms with Gasteiger partial charge in [-0.15, -0.1) is 0 Å². The van der Waals surface area contributed by atoms with E-state index in [9.17, 15) is 13.2 Å². The topological polar surface area (TPSA) is 69.7 Å². The highest BCUT2D eigenvalue weighted by atomic mass is 32.2. The number of sulfonamides is 1. The number of fused-ring (bicyclic) bond motifs is 3. The molecule has 1 N–H and O–H groups in total. The van der Waals surface area contributed by atoms with Crippen molar-refractivity contribution >= 4 is 16.1 Å². The van der Waals surface area contributed by atoms with E-state index in [2.05, 4.69) is 29.6 Å². The summed E-state index contributed by atoms with van der Waals surface area (Å²) in [7, 11) is -3.52. The number of amides is 2. The SMILES string of the molecule is Cc1ccc(C)c(S(=O)(=O)N2CCC3(CCN(C(=O)NC4c5ccccc5-c5ccccc54)C3)CC2)c1. The molecule has 0 bridgehead atoms. The third-order valence-corrected chi connectivity index (χ3v) is 10.6. The maximum atomic E-state index is 13.4. The average Bonchev–Trinajstić information content (AvgIpc) is 3.45. The molecule has 0 saturated carbocycles. The van der Waals surface area contributed by atoms with Crippen LogP contribution in [0.3, 0.4) is 0 Å². The minimum absolute atomic E-state index is 0.0174. The van der Waals surface area contributed by atoms with Crippen LogP contribution in [0.5, 0.6) is 0 Å². The number of carbonyl (C=O) groups excluding carboxylic acids is 1. The van der Waals surface area contributed by atoms with E-state index in [1.54, 1.807) is 10.4 Å². The van der Waals surface area contributed by atoms with E-state index < -0.39 is 10.0 Å². The first-order valence-corrected chi connectivity index (χ1v) is 14.5. The van der Waals surface area contributed by atoms with E-state index >= 15 is 0 Å². The fourth-order valence-corrected chi connectivity index (χ4v) is 8.12. The number of piperidine rings is 1. The lowest BCUT2D eigenvalue weighted by Crippen LogP contribution is -2.46. The van der Waals surface area contributed by atoms with Crippen molar-refractivity contribution in [3.05, 3.63) is 89.0 Å². The number of rotatable bonds is 3. The Labute approximate surface area is 219 Å². The molecular weight excluding hydrogens is 482 g/mol. The molecule has 7 heteroatoms. The Morgan fingerprint density at radius 3 is 2.11 bits per heavy atom. The van der Waals surface area contributed by atoms with Crippen LogP contribution < -0.4 is 5.32 Å². The number of benzene rings is 3. The second-order valence-electron chi connectivity index (χ2n) is 10.9. The summed E-state index contributed by atoms with van der Waals surface area (Å²) in [6, 6.07) is 21.9. The maximum absolute atomic E-state index is 13.4. The predicted octanol–water partition coefficient (Wildman–Crippen LogP) is 5.26. The average molecular weight is 516 g/mol. The van der Waals surface area contributed by atoms with Gasteiger partial charge in [0.2, 0.25) is 10.0 Å². The molecule has 3 aromatic carbocycles. The highest BCUT2D eigenvalue weighted by molar-refractivity contribution is 7.89. The molecule has 37 heavy (non-hydrogen) atoms. The van der Waals surface area contributed by atoms with Crippen LogP contribution in [0, 0.1) is 19.3 Å². The van der Waals surface area contributed by atoms with Crippen molar-refractivity contribution in [2.45, 2.75) is 44.0 Å². The van der Waals surface area contributed by atoms with Gasteiger partial charge in [-0.2, -0.15) is 4.31 Å². The zero-order chi connectivity index (χ0) is 25.8. The number of hydrogen-bond acceptors (Lipinski definition) is 3. The Hall–Kier alpha value is -3.16. The van der Waals surface area contributed by atoms with Crippen molar-refractivity contribution in [3.63, 3.8) is 0 Å². The van der Waals surface area contributed by atoms with Crippen molar-refractivity contribution in [1.29, 1.82) is 0 Å². The Morgan fingerprint density at radius 1 is 0.865 bits per heavy atom. The van der Waals surface area contributed by atoms with Crippen molar-refractivity contribution in [2.75, 3.05) is 26.2 Å². The van der Waals surface area contributed by atoms with Crippen LogP contribution in [0.2, 0.25) is 0 Å². The maximum Gasteiger partial charge on any atom is 0.318 e. The molecule has 0 atom stereocenters. The first-order valence-electron chi connectivity index (χ1n) is 13.1. The predicted molar refractivity (Wildman–Crippen MR) is 145 cm³/mol. The molecule has 2 amide bonds. The lowest BCUT2D eigenvalue weighted by Gasteiger charge is -2.38. The van der Waals surface area contributed by atoms with E-state index in [0.717, 1.165) is 41.5 Å². The van der Waals surface area contributed by atoms with Crippen LogP contribution in [0.15, 0.2) is 71.6 Å². The van der Waals surface area contributed by atoms with E-state index in [0.29, 0.717) is 31.1 Å². The minimum Gasteiger partial charge on any atom is -0.327 e. The highest BCUT2D eigenvalue weighted by Gasteiger charge is 2.45. The molecule has 3 aliphatic rings. The summed E-state index contributed by atoms with van der Waals surface area (Å²) >= 11 is 0. The van der Waals surface area contributed by atoms with Crippen LogP contribution in [0.25, 0.3) is 11.1 Å². The molecule has 0 unspecified atom stereocenters. The lowest BCUT2D eigenvalue weighted by molar-refractivity contribution is 0.154. The van der Waals surface area contributed by atoms with Crippen LogP contribution in [-0.2, 0) is 10.0 Å². The molecular formula is C30H33N3O3S. The van der Waals surface area contributed by atoms with Gasteiger partial charge in [0.25, 0.3) is 0 Å². The van der Waals surface area contributed by atoms with E-state index in [1.807, 2.05) is 55.1 Å². The van der Waals surface area contributed by atoms with Gasteiger partial charge >= 0.3 is 6.03 Å².